The Morgan fingerprint density at radius 2 is 1.71 bits per heavy atom. The second-order valence-electron chi connectivity index (χ2n) is 11.0. The Hall–Kier alpha value is -2.77. The Labute approximate surface area is 203 Å². The Kier molecular flexibility index (Phi) is 8.61. The second-order valence-corrected chi connectivity index (χ2v) is 11.0. The van der Waals surface area contributed by atoms with E-state index in [1.807, 2.05) is 34.6 Å². The fraction of sp³-hybridized carbons (Fsp3) is 0.654. The van der Waals surface area contributed by atoms with Crippen molar-refractivity contribution in [3.63, 3.8) is 0 Å². The topological polar surface area (TPSA) is 108 Å². The highest BCUT2D eigenvalue weighted by molar-refractivity contribution is 5.93. The summed E-state index contributed by atoms with van der Waals surface area (Å²) in [6.07, 6.45) is 0.0473. The van der Waals surface area contributed by atoms with E-state index in [-0.39, 0.29) is 41.5 Å². The van der Waals surface area contributed by atoms with Crippen molar-refractivity contribution in [1.82, 2.24) is 15.5 Å². The molecule has 0 heterocycles. The lowest BCUT2D eigenvalue weighted by Crippen LogP contribution is -2.56. The summed E-state index contributed by atoms with van der Waals surface area (Å²) in [7, 11) is 0. The number of para-hydroxylation sites is 1. The van der Waals surface area contributed by atoms with Gasteiger partial charge in [0, 0.05) is 17.6 Å². The summed E-state index contributed by atoms with van der Waals surface area (Å²) in [5.74, 6) is -0.821. The number of phenols is 1. The standard InChI is InChI=1S/C26H41N3O5/c1-14(2)20(28-25(33)34-26(7,8)9)24(32)29(19-13-17(19)6)21(23(31)27-15(3)4)18-12-10-11-16(5)22(18)30/h10-12,14-15,17,19-21,30H,13H2,1-9H3,(H,27,31)(H,28,33). The van der Waals surface area contributed by atoms with E-state index in [9.17, 15) is 19.5 Å². The highest BCUT2D eigenvalue weighted by atomic mass is 16.6. The van der Waals surface area contributed by atoms with Crippen molar-refractivity contribution in [3.05, 3.63) is 29.3 Å². The molecule has 4 unspecified atom stereocenters. The average Bonchev–Trinajstić information content (AvgIpc) is 3.39. The van der Waals surface area contributed by atoms with Crippen molar-refractivity contribution in [2.45, 2.75) is 98.5 Å². The number of hydrogen-bond donors (Lipinski definition) is 3. The predicted octanol–water partition coefficient (Wildman–Crippen LogP) is 4.05. The highest BCUT2D eigenvalue weighted by Crippen LogP contribution is 2.43. The number of alkyl carbamates (subject to hydrolysis) is 1. The van der Waals surface area contributed by atoms with Gasteiger partial charge >= 0.3 is 6.09 Å². The van der Waals surface area contributed by atoms with E-state index < -0.39 is 23.8 Å². The third-order valence-electron chi connectivity index (χ3n) is 5.80. The minimum Gasteiger partial charge on any atom is -0.507 e. The molecule has 0 spiro atoms. The van der Waals surface area contributed by atoms with Crippen LogP contribution in [-0.4, -0.2) is 51.6 Å². The quantitative estimate of drug-likeness (QED) is 0.526. The highest BCUT2D eigenvalue weighted by Gasteiger charge is 2.49. The van der Waals surface area contributed by atoms with E-state index in [2.05, 4.69) is 10.6 Å². The molecule has 0 saturated heterocycles. The molecule has 8 nitrogen and oxygen atoms in total. The van der Waals surface area contributed by atoms with E-state index in [1.54, 1.807) is 50.8 Å². The number of ether oxygens (including phenoxy) is 1. The van der Waals surface area contributed by atoms with Crippen molar-refractivity contribution in [2.75, 3.05) is 0 Å². The van der Waals surface area contributed by atoms with Gasteiger partial charge in [0.1, 0.15) is 23.4 Å². The summed E-state index contributed by atoms with van der Waals surface area (Å²) in [6.45, 7) is 16.4. The summed E-state index contributed by atoms with van der Waals surface area (Å²) in [5.41, 5.74) is 0.264. The molecule has 1 aliphatic rings. The summed E-state index contributed by atoms with van der Waals surface area (Å²) in [6, 6.07) is 2.91. The van der Waals surface area contributed by atoms with Crippen molar-refractivity contribution in [1.29, 1.82) is 0 Å². The molecule has 4 atom stereocenters. The maximum atomic E-state index is 14.0. The van der Waals surface area contributed by atoms with E-state index in [4.69, 9.17) is 4.74 Å². The van der Waals surface area contributed by atoms with Crippen LogP contribution in [0.2, 0.25) is 0 Å². The third kappa shape index (κ3) is 6.87. The lowest BCUT2D eigenvalue weighted by Gasteiger charge is -2.36. The molecule has 3 amide bonds. The average molecular weight is 476 g/mol. The van der Waals surface area contributed by atoms with Crippen LogP contribution < -0.4 is 10.6 Å². The minimum atomic E-state index is -1.04. The van der Waals surface area contributed by atoms with Gasteiger partial charge < -0.3 is 25.4 Å². The zero-order chi connectivity index (χ0) is 26.0. The van der Waals surface area contributed by atoms with Gasteiger partial charge in [0.25, 0.3) is 0 Å². The Morgan fingerprint density at radius 1 is 1.12 bits per heavy atom. The number of aromatic hydroxyl groups is 1. The fourth-order valence-corrected chi connectivity index (χ4v) is 3.96. The molecule has 0 radical (unpaired) electrons. The van der Waals surface area contributed by atoms with Crippen LogP contribution in [0.4, 0.5) is 4.79 Å². The molecule has 1 aliphatic carbocycles. The summed E-state index contributed by atoms with van der Waals surface area (Å²) in [4.78, 5) is 41.6. The number of carbonyl (C=O) groups excluding carboxylic acids is 3. The molecule has 1 saturated carbocycles. The zero-order valence-electron chi connectivity index (χ0n) is 21.9. The normalized spacial score (nSPS) is 19.4. The van der Waals surface area contributed by atoms with Crippen LogP contribution in [0, 0.1) is 18.8 Å². The Balaban J connectivity index is 2.53. The van der Waals surface area contributed by atoms with Crippen LogP contribution in [0.1, 0.15) is 79.0 Å². The molecule has 1 aromatic carbocycles. The van der Waals surface area contributed by atoms with Gasteiger partial charge in [-0.3, -0.25) is 9.59 Å². The number of carbonyl (C=O) groups is 3. The SMILES string of the molecule is Cc1cccc(C(C(=O)NC(C)C)N(C(=O)C(NC(=O)OC(C)(C)C)C(C)C)C2CC2C)c1O. The molecule has 0 bridgehead atoms. The second kappa shape index (κ2) is 10.7. The van der Waals surface area contributed by atoms with Gasteiger partial charge in [-0.1, -0.05) is 39.0 Å². The van der Waals surface area contributed by atoms with E-state index in [0.29, 0.717) is 11.1 Å². The molecular weight excluding hydrogens is 434 g/mol. The van der Waals surface area contributed by atoms with Crippen LogP contribution in [0.3, 0.4) is 0 Å². The number of phenolic OH excluding ortho intramolecular Hbond substituents is 1. The molecule has 1 aromatic rings. The van der Waals surface area contributed by atoms with Crippen LogP contribution in [0.15, 0.2) is 18.2 Å². The molecule has 8 heteroatoms. The first kappa shape index (κ1) is 27.5. The molecule has 3 N–H and O–H groups in total. The maximum absolute atomic E-state index is 14.0. The Morgan fingerprint density at radius 3 is 2.18 bits per heavy atom. The predicted molar refractivity (Wildman–Crippen MR) is 131 cm³/mol. The number of hydrogen-bond acceptors (Lipinski definition) is 5. The number of aryl methyl sites for hydroxylation is 1. The van der Waals surface area contributed by atoms with Gasteiger partial charge in [-0.25, -0.2) is 4.79 Å². The molecule has 0 aromatic heterocycles. The van der Waals surface area contributed by atoms with Crippen LogP contribution >= 0.6 is 0 Å². The minimum absolute atomic E-state index is 0.0151. The van der Waals surface area contributed by atoms with Gasteiger partial charge in [-0.15, -0.1) is 0 Å². The summed E-state index contributed by atoms with van der Waals surface area (Å²) < 4.78 is 5.39. The number of amides is 3. The van der Waals surface area contributed by atoms with Gasteiger partial charge in [-0.2, -0.15) is 0 Å². The van der Waals surface area contributed by atoms with Crippen molar-refractivity contribution in [2.24, 2.45) is 11.8 Å². The van der Waals surface area contributed by atoms with E-state index in [0.717, 1.165) is 6.42 Å². The van der Waals surface area contributed by atoms with Crippen molar-refractivity contribution in [3.8, 4) is 5.75 Å². The molecule has 190 valence electrons. The molecule has 1 fully saturated rings. The van der Waals surface area contributed by atoms with Crippen LogP contribution in [0.5, 0.6) is 5.75 Å². The first-order chi connectivity index (χ1) is 15.6. The van der Waals surface area contributed by atoms with Crippen molar-refractivity contribution < 1.29 is 24.2 Å². The summed E-state index contributed by atoms with van der Waals surface area (Å²) in [5, 5.41) is 16.5. The van der Waals surface area contributed by atoms with E-state index in [1.165, 1.54) is 0 Å². The van der Waals surface area contributed by atoms with Gasteiger partial charge in [0.15, 0.2) is 0 Å². The van der Waals surface area contributed by atoms with E-state index >= 15 is 0 Å². The molecule has 34 heavy (non-hydrogen) atoms. The maximum Gasteiger partial charge on any atom is 0.408 e. The zero-order valence-corrected chi connectivity index (χ0v) is 21.9. The van der Waals surface area contributed by atoms with Gasteiger partial charge in [0.05, 0.1) is 0 Å². The number of benzene rings is 1. The smallest absolute Gasteiger partial charge is 0.408 e. The molecule has 0 aliphatic heterocycles. The van der Waals surface area contributed by atoms with Crippen LogP contribution in [0.25, 0.3) is 0 Å². The lowest BCUT2D eigenvalue weighted by molar-refractivity contribution is -0.144. The van der Waals surface area contributed by atoms with Gasteiger partial charge in [0.2, 0.25) is 11.8 Å². The van der Waals surface area contributed by atoms with Crippen LogP contribution in [-0.2, 0) is 14.3 Å². The fourth-order valence-electron chi connectivity index (χ4n) is 3.96. The summed E-state index contributed by atoms with van der Waals surface area (Å²) >= 11 is 0. The van der Waals surface area contributed by atoms with Crippen molar-refractivity contribution >= 4 is 17.9 Å². The first-order valence-electron chi connectivity index (χ1n) is 12.0. The monoisotopic (exact) mass is 475 g/mol. The first-order valence-corrected chi connectivity index (χ1v) is 12.0. The number of nitrogens with one attached hydrogen (secondary N) is 2. The van der Waals surface area contributed by atoms with Gasteiger partial charge in [-0.05, 0) is 65.4 Å². The largest absolute Gasteiger partial charge is 0.507 e. The molecular formula is C26H41N3O5. The lowest BCUT2D eigenvalue weighted by atomic mass is 9.96. The number of nitrogens with zero attached hydrogens (tertiary/aromatic N) is 1. The number of rotatable bonds is 8. The molecule has 2 rings (SSSR count). The Bertz CT molecular complexity index is 906. The third-order valence-corrected chi connectivity index (χ3v) is 5.80.